The summed E-state index contributed by atoms with van der Waals surface area (Å²) in [5, 5.41) is 0. The number of rotatable bonds is 16. The minimum absolute atomic E-state index is 0.440. The fraction of sp³-hybridized carbons (Fsp3) is 0.431. The number of aromatic nitrogens is 1. The molecule has 0 unspecified atom stereocenters. The van der Waals surface area contributed by atoms with E-state index in [0.29, 0.717) is 17.9 Å². The van der Waals surface area contributed by atoms with Gasteiger partial charge in [-0.05, 0) is 157 Å². The first-order valence-electron chi connectivity index (χ1n) is 21.6. The molecular formula is C51H61N3O3S. The van der Waals surface area contributed by atoms with Crippen molar-refractivity contribution in [3.63, 3.8) is 0 Å². The number of methoxy groups -OCH3 is 3. The van der Waals surface area contributed by atoms with Crippen molar-refractivity contribution >= 4 is 17.4 Å². The van der Waals surface area contributed by atoms with Gasteiger partial charge in [-0.25, -0.2) is 0 Å². The van der Waals surface area contributed by atoms with Crippen molar-refractivity contribution in [3.05, 3.63) is 119 Å². The number of likely N-dealkylation sites (tertiary alicyclic amines) is 1. The molecule has 6 nitrogen and oxygen atoms in total. The highest BCUT2D eigenvalue weighted by Crippen LogP contribution is 2.47. The second-order valence-corrected chi connectivity index (χ2v) is 17.5. The number of nitrogens with zero attached hydrogens (tertiary/aromatic N) is 3. The first kappa shape index (κ1) is 40.3. The van der Waals surface area contributed by atoms with Crippen LogP contribution in [0.5, 0.6) is 17.2 Å². The fourth-order valence-electron chi connectivity index (χ4n) is 9.43. The summed E-state index contributed by atoms with van der Waals surface area (Å²) in [6.45, 7) is 6.17. The van der Waals surface area contributed by atoms with Crippen LogP contribution in [0.25, 0.3) is 22.4 Å². The minimum atomic E-state index is 0.440. The van der Waals surface area contributed by atoms with E-state index < -0.39 is 0 Å². The lowest BCUT2D eigenvalue weighted by Gasteiger charge is -2.40. The Labute approximate surface area is 351 Å². The molecule has 0 amide bonds. The molecule has 2 saturated carbocycles. The predicted octanol–water partition coefficient (Wildman–Crippen LogP) is 12.3. The largest absolute Gasteiger partial charge is 0.496 e. The van der Waals surface area contributed by atoms with Crippen LogP contribution in [0, 0.1) is 0 Å². The summed E-state index contributed by atoms with van der Waals surface area (Å²) in [7, 11) is 5.33. The predicted molar refractivity (Wildman–Crippen MR) is 241 cm³/mol. The average Bonchev–Trinajstić information content (AvgIpc) is 3.22. The van der Waals surface area contributed by atoms with E-state index in [1.165, 1.54) is 93.6 Å². The molecule has 0 bridgehead atoms. The van der Waals surface area contributed by atoms with Gasteiger partial charge in [-0.3, -0.25) is 9.88 Å². The maximum Gasteiger partial charge on any atom is 0.164 e. The molecule has 0 radical (unpaired) electrons. The minimum Gasteiger partial charge on any atom is -0.496 e. The molecule has 2 aliphatic carbocycles. The highest BCUT2D eigenvalue weighted by molar-refractivity contribution is 7.98. The molecule has 304 valence electrons. The molecule has 1 aromatic heterocycles. The molecule has 7 heteroatoms. The molecule has 3 fully saturated rings. The SMILES string of the molecule is CCCc1c(OC)cc(-c2cc(CN3CCC(N(Cc4cccc(-c5cc(OC)c(OC)c(C6CCC6)c5)c4)c4cccc(SC)c4)CC3)ccn2)cc1C1CCC1. The third-order valence-electron chi connectivity index (χ3n) is 13.1. The zero-order valence-electron chi connectivity index (χ0n) is 35.3. The van der Waals surface area contributed by atoms with E-state index in [1.54, 1.807) is 14.2 Å². The van der Waals surface area contributed by atoms with Gasteiger partial charge in [-0.15, -0.1) is 11.8 Å². The van der Waals surface area contributed by atoms with Crippen molar-refractivity contribution in [1.29, 1.82) is 0 Å². The maximum absolute atomic E-state index is 5.99. The van der Waals surface area contributed by atoms with Crippen LogP contribution >= 0.6 is 11.8 Å². The van der Waals surface area contributed by atoms with E-state index in [1.807, 2.05) is 25.1 Å². The molecule has 58 heavy (non-hydrogen) atoms. The van der Waals surface area contributed by atoms with E-state index in [-0.39, 0.29) is 0 Å². The third-order valence-corrected chi connectivity index (χ3v) is 13.8. The van der Waals surface area contributed by atoms with E-state index in [0.717, 1.165) is 74.8 Å². The highest BCUT2D eigenvalue weighted by Gasteiger charge is 2.29. The van der Waals surface area contributed by atoms with Crippen molar-refractivity contribution in [2.45, 2.75) is 107 Å². The quantitative estimate of drug-likeness (QED) is 0.0922. The topological polar surface area (TPSA) is 47.1 Å². The summed E-state index contributed by atoms with van der Waals surface area (Å²) < 4.78 is 17.7. The Hall–Kier alpha value is -4.46. The smallest absolute Gasteiger partial charge is 0.164 e. The Bertz CT molecular complexity index is 2170. The summed E-state index contributed by atoms with van der Waals surface area (Å²) >= 11 is 1.81. The van der Waals surface area contributed by atoms with Gasteiger partial charge >= 0.3 is 0 Å². The van der Waals surface area contributed by atoms with Crippen LogP contribution in [0.2, 0.25) is 0 Å². The number of hydrogen-bond acceptors (Lipinski definition) is 7. The lowest BCUT2D eigenvalue weighted by Crippen LogP contribution is -2.44. The van der Waals surface area contributed by atoms with Crippen LogP contribution in [-0.2, 0) is 19.5 Å². The van der Waals surface area contributed by atoms with Gasteiger partial charge in [0.15, 0.2) is 11.5 Å². The van der Waals surface area contributed by atoms with Crippen LogP contribution in [0.4, 0.5) is 5.69 Å². The molecule has 0 atom stereocenters. The molecule has 5 aromatic rings. The summed E-state index contributed by atoms with van der Waals surface area (Å²) in [6.07, 6.45) is 16.1. The lowest BCUT2D eigenvalue weighted by atomic mass is 9.76. The van der Waals surface area contributed by atoms with Crippen molar-refractivity contribution in [2.24, 2.45) is 0 Å². The molecule has 8 rings (SSSR count). The normalized spacial score (nSPS) is 16.4. The van der Waals surface area contributed by atoms with Crippen molar-refractivity contribution in [2.75, 3.05) is 45.6 Å². The molecule has 3 aliphatic rings. The number of hydrogen-bond donors (Lipinski definition) is 0. The molecule has 1 aliphatic heterocycles. The maximum atomic E-state index is 5.99. The van der Waals surface area contributed by atoms with Crippen LogP contribution in [0.3, 0.4) is 0 Å². The summed E-state index contributed by atoms with van der Waals surface area (Å²) in [5.41, 5.74) is 12.7. The Balaban J connectivity index is 0.997. The van der Waals surface area contributed by atoms with Gasteiger partial charge in [-0.1, -0.05) is 50.5 Å². The molecule has 2 heterocycles. The van der Waals surface area contributed by atoms with Gasteiger partial charge < -0.3 is 19.1 Å². The lowest BCUT2D eigenvalue weighted by molar-refractivity contribution is 0.201. The van der Waals surface area contributed by atoms with Gasteiger partial charge in [0.25, 0.3) is 0 Å². The summed E-state index contributed by atoms with van der Waals surface area (Å²) in [4.78, 5) is 11.5. The zero-order chi connectivity index (χ0) is 40.0. The number of benzene rings is 4. The fourth-order valence-corrected chi connectivity index (χ4v) is 9.88. The standard InChI is InChI=1S/C51H61N3O3S/c1-6-11-45-46(37-13-8-14-37)29-41(31-49(45)55-2)48-27-36(20-23-52-48)33-53-24-21-42(22-25-53)54(43-18-10-19-44(32-43)58-5)34-35-12-7-17-39(26-35)40-28-47(38-15-9-16-38)51(57-4)50(30-40)56-3/h7,10,12,17-20,23,26-32,37-38,42H,6,8-9,11,13-16,21-22,24-25,33-34H2,1-5H3. The number of ether oxygens (including phenoxy) is 3. The second-order valence-electron chi connectivity index (χ2n) is 16.6. The number of thioether (sulfide) groups is 1. The van der Waals surface area contributed by atoms with Crippen molar-refractivity contribution in [3.8, 4) is 39.6 Å². The third kappa shape index (κ3) is 8.77. The zero-order valence-corrected chi connectivity index (χ0v) is 36.1. The molecule has 0 N–H and O–H groups in total. The van der Waals surface area contributed by atoms with Crippen LogP contribution < -0.4 is 19.1 Å². The Morgan fingerprint density at radius 1 is 0.707 bits per heavy atom. The Morgan fingerprint density at radius 3 is 2.12 bits per heavy atom. The van der Waals surface area contributed by atoms with Crippen LogP contribution in [0.15, 0.2) is 96.0 Å². The molecule has 0 spiro atoms. The van der Waals surface area contributed by atoms with Gasteiger partial charge in [0.1, 0.15) is 5.75 Å². The number of pyridine rings is 1. The number of anilines is 1. The summed E-state index contributed by atoms with van der Waals surface area (Å²) in [5.74, 6) is 3.91. The first-order chi connectivity index (χ1) is 28.5. The van der Waals surface area contributed by atoms with Gasteiger partial charge in [0.2, 0.25) is 0 Å². The number of piperidine rings is 1. The van der Waals surface area contributed by atoms with E-state index in [4.69, 9.17) is 19.2 Å². The second kappa shape index (κ2) is 18.6. The van der Waals surface area contributed by atoms with Gasteiger partial charge in [0, 0.05) is 60.1 Å². The van der Waals surface area contributed by atoms with E-state index >= 15 is 0 Å². The van der Waals surface area contributed by atoms with Crippen LogP contribution in [-0.4, -0.2) is 56.6 Å². The van der Waals surface area contributed by atoms with Gasteiger partial charge in [0.05, 0.1) is 27.0 Å². The monoisotopic (exact) mass is 795 g/mol. The van der Waals surface area contributed by atoms with Crippen molar-refractivity contribution in [1.82, 2.24) is 9.88 Å². The van der Waals surface area contributed by atoms with Crippen LogP contribution in [0.1, 0.15) is 104 Å². The van der Waals surface area contributed by atoms with E-state index in [2.05, 4.69) is 108 Å². The Morgan fingerprint density at radius 2 is 1.43 bits per heavy atom. The first-order valence-corrected chi connectivity index (χ1v) is 22.8. The van der Waals surface area contributed by atoms with E-state index in [9.17, 15) is 0 Å². The van der Waals surface area contributed by atoms with Crippen molar-refractivity contribution < 1.29 is 14.2 Å². The Kier molecular flexibility index (Phi) is 13.0. The molecular weight excluding hydrogens is 735 g/mol. The summed E-state index contributed by atoms with van der Waals surface area (Å²) in [6, 6.07) is 32.3. The van der Waals surface area contributed by atoms with Gasteiger partial charge in [-0.2, -0.15) is 0 Å². The average molecular weight is 796 g/mol. The highest BCUT2D eigenvalue weighted by atomic mass is 32.2. The molecule has 1 saturated heterocycles. The molecule has 4 aromatic carbocycles.